The molecule has 0 radical (unpaired) electrons. The number of carbonyl (C=O) groups excluding carboxylic acids is 1. The maximum absolute atomic E-state index is 12.5. The number of hydrogen-bond donors (Lipinski definition) is 0. The maximum Gasteiger partial charge on any atom is 0.410 e. The normalized spacial score (nSPS) is 19.6. The Morgan fingerprint density at radius 3 is 2.71 bits per heavy atom. The van der Waals surface area contributed by atoms with Crippen LogP contribution in [0.25, 0.3) is 11.3 Å². The average molecular weight is 427 g/mol. The van der Waals surface area contributed by atoms with Crippen molar-refractivity contribution in [2.24, 2.45) is 0 Å². The molecular weight excluding hydrogens is 396 g/mol. The number of amides is 1. The Hall–Kier alpha value is -2.64. The fourth-order valence-corrected chi connectivity index (χ4v) is 3.80. The minimum Gasteiger partial charge on any atom is -0.475 e. The maximum atomic E-state index is 12.5. The van der Waals surface area contributed by atoms with E-state index in [0.717, 1.165) is 29.7 Å². The van der Waals surface area contributed by atoms with Crippen LogP contribution in [0.4, 0.5) is 4.79 Å². The molecule has 0 saturated carbocycles. The quantitative estimate of drug-likeness (QED) is 0.697. The van der Waals surface area contributed by atoms with Crippen LogP contribution in [0, 0.1) is 0 Å². The van der Waals surface area contributed by atoms with Gasteiger partial charge in [-0.15, -0.1) is 0 Å². The summed E-state index contributed by atoms with van der Waals surface area (Å²) in [6, 6.07) is 13.7. The molecule has 2 fully saturated rings. The summed E-state index contributed by atoms with van der Waals surface area (Å²) >= 11 is 0. The summed E-state index contributed by atoms with van der Waals surface area (Å²) in [5.41, 5.74) is 2.25. The molecule has 0 aliphatic carbocycles. The number of carbonyl (C=O) groups is 1. The van der Waals surface area contributed by atoms with Gasteiger partial charge < -0.3 is 23.8 Å². The Kier molecular flexibility index (Phi) is 6.43. The van der Waals surface area contributed by atoms with Crippen LogP contribution < -0.4 is 4.74 Å². The third-order valence-corrected chi connectivity index (χ3v) is 5.23. The number of pyridine rings is 1. The topological polar surface area (TPSA) is 70.1 Å². The van der Waals surface area contributed by atoms with Crippen molar-refractivity contribution in [2.45, 2.75) is 51.5 Å². The van der Waals surface area contributed by atoms with Crippen molar-refractivity contribution < 1.29 is 23.7 Å². The van der Waals surface area contributed by atoms with Crippen LogP contribution in [-0.4, -0.2) is 54.0 Å². The summed E-state index contributed by atoms with van der Waals surface area (Å²) in [6.07, 6.45) is 1.23. The monoisotopic (exact) mass is 426 g/mol. The van der Waals surface area contributed by atoms with Gasteiger partial charge in [-0.3, -0.25) is 0 Å². The highest BCUT2D eigenvalue weighted by atomic mass is 16.7. The lowest BCUT2D eigenvalue weighted by Gasteiger charge is -2.28. The first-order chi connectivity index (χ1) is 14.9. The number of nitrogens with zero attached hydrogens (tertiary/aromatic N) is 2. The van der Waals surface area contributed by atoms with Crippen molar-refractivity contribution in [3.8, 4) is 17.1 Å². The largest absolute Gasteiger partial charge is 0.475 e. The number of ether oxygens (including phenoxy) is 4. The molecule has 2 saturated heterocycles. The summed E-state index contributed by atoms with van der Waals surface area (Å²) in [7, 11) is 0. The van der Waals surface area contributed by atoms with E-state index in [9.17, 15) is 4.79 Å². The van der Waals surface area contributed by atoms with E-state index in [0.29, 0.717) is 32.2 Å². The van der Waals surface area contributed by atoms with Gasteiger partial charge in [-0.25, -0.2) is 9.78 Å². The minimum absolute atomic E-state index is 0.0136. The van der Waals surface area contributed by atoms with Gasteiger partial charge in [-0.05, 0) is 45.7 Å². The summed E-state index contributed by atoms with van der Waals surface area (Å²) in [5.74, 6) is 0.535. The fraction of sp³-hybridized carbons (Fsp3) is 0.500. The van der Waals surface area contributed by atoms with E-state index >= 15 is 0 Å². The van der Waals surface area contributed by atoms with Crippen LogP contribution in [0.5, 0.6) is 5.88 Å². The summed E-state index contributed by atoms with van der Waals surface area (Å²) in [4.78, 5) is 18.9. The minimum atomic E-state index is -0.510. The molecule has 7 heteroatoms. The van der Waals surface area contributed by atoms with Gasteiger partial charge in [0.05, 0.1) is 24.9 Å². The first-order valence-electron chi connectivity index (χ1n) is 10.8. The van der Waals surface area contributed by atoms with E-state index in [4.69, 9.17) is 18.9 Å². The van der Waals surface area contributed by atoms with Gasteiger partial charge in [0.25, 0.3) is 0 Å². The van der Waals surface area contributed by atoms with Gasteiger partial charge >= 0.3 is 6.09 Å². The zero-order valence-corrected chi connectivity index (χ0v) is 18.4. The molecule has 2 aromatic rings. The van der Waals surface area contributed by atoms with Gasteiger partial charge in [0.15, 0.2) is 6.29 Å². The molecule has 1 atom stereocenters. The highest BCUT2D eigenvalue weighted by Crippen LogP contribution is 2.28. The van der Waals surface area contributed by atoms with Crippen LogP contribution in [0.2, 0.25) is 0 Å². The third-order valence-electron chi connectivity index (χ3n) is 5.23. The molecule has 2 aliphatic rings. The Balaban J connectivity index is 1.41. The van der Waals surface area contributed by atoms with Crippen molar-refractivity contribution in [2.75, 3.05) is 26.4 Å². The summed E-state index contributed by atoms with van der Waals surface area (Å²) in [5, 5.41) is 0. The Morgan fingerprint density at radius 2 is 1.94 bits per heavy atom. The Morgan fingerprint density at radius 1 is 1.16 bits per heavy atom. The van der Waals surface area contributed by atoms with Gasteiger partial charge in [-0.1, -0.05) is 24.3 Å². The lowest BCUT2D eigenvalue weighted by molar-refractivity contribution is -0.0440. The molecule has 2 aliphatic heterocycles. The molecule has 1 aromatic heterocycles. The van der Waals surface area contributed by atoms with Crippen molar-refractivity contribution in [1.82, 2.24) is 9.88 Å². The molecular formula is C24H30N2O5. The van der Waals surface area contributed by atoms with E-state index in [1.54, 1.807) is 4.90 Å². The molecule has 0 N–H and O–H groups in total. The molecule has 3 heterocycles. The van der Waals surface area contributed by atoms with E-state index in [1.807, 2.05) is 63.2 Å². The van der Waals surface area contributed by atoms with Crippen molar-refractivity contribution in [3.63, 3.8) is 0 Å². The molecule has 4 rings (SSSR count). The van der Waals surface area contributed by atoms with Crippen LogP contribution >= 0.6 is 0 Å². The molecule has 0 bridgehead atoms. The fourth-order valence-electron chi connectivity index (χ4n) is 3.80. The average Bonchev–Trinajstić information content (AvgIpc) is 3.43. The molecule has 7 nitrogen and oxygen atoms in total. The smallest absolute Gasteiger partial charge is 0.410 e. The highest BCUT2D eigenvalue weighted by Gasteiger charge is 2.32. The zero-order chi connectivity index (χ0) is 21.8. The molecule has 166 valence electrons. The van der Waals surface area contributed by atoms with Crippen molar-refractivity contribution in [3.05, 3.63) is 48.0 Å². The highest BCUT2D eigenvalue weighted by molar-refractivity contribution is 5.69. The molecule has 1 amide bonds. The van der Waals surface area contributed by atoms with Gasteiger partial charge in [-0.2, -0.15) is 0 Å². The molecule has 1 aromatic carbocycles. The number of likely N-dealkylation sites (tertiary alicyclic amines) is 1. The third kappa shape index (κ3) is 5.54. The summed E-state index contributed by atoms with van der Waals surface area (Å²) < 4.78 is 22.7. The van der Waals surface area contributed by atoms with E-state index in [1.165, 1.54) is 0 Å². The van der Waals surface area contributed by atoms with Gasteiger partial charge in [0, 0.05) is 23.7 Å². The first kappa shape index (κ1) is 21.6. The molecule has 31 heavy (non-hydrogen) atoms. The first-order valence-corrected chi connectivity index (χ1v) is 10.8. The number of benzene rings is 1. The Labute approximate surface area is 183 Å². The standard InChI is InChI=1S/C24H30N2O5/c1-24(2,3)31-23(27)26-12-6-9-19(26)16-30-21-11-5-10-20(25-21)17-7-4-8-18(15-17)22-28-13-14-29-22/h4-5,7-8,10-11,15,19,22H,6,9,12-14,16H2,1-3H3/t19-/m0/s1. The molecule has 0 unspecified atom stereocenters. The van der Waals surface area contributed by atoms with Crippen LogP contribution in [0.3, 0.4) is 0 Å². The molecule has 0 spiro atoms. The van der Waals surface area contributed by atoms with E-state index in [2.05, 4.69) is 4.98 Å². The van der Waals surface area contributed by atoms with E-state index in [-0.39, 0.29) is 18.4 Å². The number of aromatic nitrogens is 1. The van der Waals surface area contributed by atoms with Crippen LogP contribution in [-0.2, 0) is 14.2 Å². The van der Waals surface area contributed by atoms with E-state index < -0.39 is 5.60 Å². The van der Waals surface area contributed by atoms with Crippen LogP contribution in [0.15, 0.2) is 42.5 Å². The van der Waals surface area contributed by atoms with Gasteiger partial charge in [0.2, 0.25) is 5.88 Å². The lowest BCUT2D eigenvalue weighted by Crippen LogP contribution is -2.42. The van der Waals surface area contributed by atoms with Crippen molar-refractivity contribution >= 4 is 6.09 Å². The zero-order valence-electron chi connectivity index (χ0n) is 18.4. The second-order valence-corrected chi connectivity index (χ2v) is 8.84. The second kappa shape index (κ2) is 9.24. The predicted octanol–water partition coefficient (Wildman–Crippen LogP) is 4.57. The van der Waals surface area contributed by atoms with Crippen LogP contribution in [0.1, 0.15) is 45.5 Å². The lowest BCUT2D eigenvalue weighted by atomic mass is 10.1. The number of hydrogen-bond acceptors (Lipinski definition) is 6. The predicted molar refractivity (Wildman–Crippen MR) is 116 cm³/mol. The number of rotatable bonds is 5. The second-order valence-electron chi connectivity index (χ2n) is 8.84. The SMILES string of the molecule is CC(C)(C)OC(=O)N1CCC[C@H]1COc1cccc(-c2cccc(C3OCCO3)c2)n1. The van der Waals surface area contributed by atoms with Gasteiger partial charge in [0.1, 0.15) is 12.2 Å². The Bertz CT molecular complexity index is 905. The van der Waals surface area contributed by atoms with Crippen molar-refractivity contribution in [1.29, 1.82) is 0 Å². The summed E-state index contributed by atoms with van der Waals surface area (Å²) in [6.45, 7) is 7.93.